The molecule has 6 nitrogen and oxygen atoms in total. The van der Waals surface area contributed by atoms with Crippen LogP contribution in [0.15, 0.2) is 89.5 Å². The molecule has 2 amide bonds. The van der Waals surface area contributed by atoms with Crippen molar-refractivity contribution in [3.05, 3.63) is 101 Å². The summed E-state index contributed by atoms with van der Waals surface area (Å²) in [5, 5.41) is 12.6. The van der Waals surface area contributed by atoms with E-state index in [9.17, 15) is 14.9 Å². The molecule has 1 atom stereocenters. The van der Waals surface area contributed by atoms with Crippen LogP contribution in [0.4, 0.5) is 11.4 Å². The first kappa shape index (κ1) is 23.1. The molecule has 1 fully saturated rings. The number of aryl methyl sites for hydroxylation is 1. The number of thioether (sulfide) groups is 1. The summed E-state index contributed by atoms with van der Waals surface area (Å²) in [4.78, 5) is 28.2. The summed E-state index contributed by atoms with van der Waals surface area (Å²) >= 11 is 1.24. The zero-order valence-electron chi connectivity index (χ0n) is 18.8. The van der Waals surface area contributed by atoms with Crippen molar-refractivity contribution in [1.82, 2.24) is 0 Å². The number of para-hydroxylation sites is 2. The number of benzene rings is 3. The van der Waals surface area contributed by atoms with Crippen LogP contribution in [-0.4, -0.2) is 24.2 Å². The van der Waals surface area contributed by atoms with Crippen LogP contribution in [0.5, 0.6) is 5.75 Å². The first-order valence-corrected chi connectivity index (χ1v) is 11.6. The van der Waals surface area contributed by atoms with Gasteiger partial charge in [-0.2, -0.15) is 5.26 Å². The SMILES string of the molecule is COc1cccc(C[C@@H]2S/C(=C(/C#N)C(=O)Nc3ccccc3)N(c3ccccc3C)C2=O)c1. The van der Waals surface area contributed by atoms with Gasteiger partial charge in [-0.15, -0.1) is 0 Å². The zero-order chi connectivity index (χ0) is 24.1. The first-order chi connectivity index (χ1) is 16.5. The van der Waals surface area contributed by atoms with Crippen LogP contribution in [0.1, 0.15) is 11.1 Å². The summed E-state index contributed by atoms with van der Waals surface area (Å²) in [6.07, 6.45) is 0.436. The molecule has 1 aliphatic rings. The Hall–Kier alpha value is -4.02. The molecule has 1 saturated heterocycles. The Morgan fingerprint density at radius 3 is 2.53 bits per heavy atom. The Balaban J connectivity index is 1.74. The summed E-state index contributed by atoms with van der Waals surface area (Å²) in [5.41, 5.74) is 2.94. The fourth-order valence-corrected chi connectivity index (χ4v) is 5.05. The second-order valence-corrected chi connectivity index (χ2v) is 8.93. The van der Waals surface area contributed by atoms with Gasteiger partial charge in [-0.25, -0.2) is 0 Å². The number of methoxy groups -OCH3 is 1. The van der Waals surface area contributed by atoms with Crippen LogP contribution in [0, 0.1) is 18.3 Å². The van der Waals surface area contributed by atoms with Crippen LogP contribution >= 0.6 is 11.8 Å². The van der Waals surface area contributed by atoms with Gasteiger partial charge >= 0.3 is 0 Å². The second kappa shape index (κ2) is 10.3. The van der Waals surface area contributed by atoms with Crippen molar-refractivity contribution in [2.24, 2.45) is 0 Å². The molecule has 1 aliphatic heterocycles. The van der Waals surface area contributed by atoms with E-state index in [1.54, 1.807) is 31.4 Å². The number of amides is 2. The van der Waals surface area contributed by atoms with Gasteiger partial charge in [0.1, 0.15) is 22.4 Å². The average Bonchev–Trinajstić information content (AvgIpc) is 3.16. The standard InChI is InChI=1S/C27H23N3O3S/c1-18-9-6-7-14-23(18)30-26(32)24(16-19-10-8-13-21(15-19)33-2)34-27(30)22(17-28)25(31)29-20-11-4-3-5-12-20/h3-15,24H,16H2,1-2H3,(H,29,31)/b27-22-/t24-/m0/s1. The van der Waals surface area contributed by atoms with E-state index in [1.807, 2.05) is 67.6 Å². The lowest BCUT2D eigenvalue weighted by molar-refractivity contribution is -0.117. The molecule has 170 valence electrons. The summed E-state index contributed by atoms with van der Waals surface area (Å²) in [5.74, 6) is -0.0126. The van der Waals surface area contributed by atoms with Crippen molar-refractivity contribution in [2.75, 3.05) is 17.3 Å². The van der Waals surface area contributed by atoms with Crippen LogP contribution < -0.4 is 15.0 Å². The van der Waals surface area contributed by atoms with E-state index in [0.717, 1.165) is 11.1 Å². The third kappa shape index (κ3) is 4.82. The van der Waals surface area contributed by atoms with Gasteiger partial charge in [0, 0.05) is 5.69 Å². The van der Waals surface area contributed by atoms with Gasteiger partial charge in [-0.3, -0.25) is 14.5 Å². The average molecular weight is 470 g/mol. The van der Waals surface area contributed by atoms with Crippen molar-refractivity contribution >= 4 is 35.0 Å². The van der Waals surface area contributed by atoms with Gasteiger partial charge in [0.05, 0.1) is 18.0 Å². The highest BCUT2D eigenvalue weighted by Crippen LogP contribution is 2.43. The largest absolute Gasteiger partial charge is 0.497 e. The number of hydrogen-bond acceptors (Lipinski definition) is 5. The molecule has 3 aromatic carbocycles. The van der Waals surface area contributed by atoms with E-state index in [4.69, 9.17) is 4.74 Å². The van der Waals surface area contributed by atoms with E-state index in [0.29, 0.717) is 28.6 Å². The van der Waals surface area contributed by atoms with Crippen molar-refractivity contribution in [3.63, 3.8) is 0 Å². The summed E-state index contributed by atoms with van der Waals surface area (Å²) in [6, 6.07) is 26.0. The highest BCUT2D eigenvalue weighted by molar-refractivity contribution is 8.05. The number of nitrogens with one attached hydrogen (secondary N) is 1. The van der Waals surface area contributed by atoms with Crippen LogP contribution in [-0.2, 0) is 16.0 Å². The number of nitrogens with zero attached hydrogens (tertiary/aromatic N) is 2. The van der Waals surface area contributed by atoms with Crippen LogP contribution in [0.25, 0.3) is 0 Å². The van der Waals surface area contributed by atoms with Crippen molar-refractivity contribution in [1.29, 1.82) is 5.26 Å². The predicted octanol–water partition coefficient (Wildman–Crippen LogP) is 5.07. The van der Waals surface area contributed by atoms with Gasteiger partial charge in [-0.05, 0) is 54.8 Å². The topological polar surface area (TPSA) is 82.4 Å². The molecule has 0 unspecified atom stereocenters. The lowest BCUT2D eigenvalue weighted by Crippen LogP contribution is -2.31. The number of carbonyl (C=O) groups excluding carboxylic acids is 2. The van der Waals surface area contributed by atoms with E-state index >= 15 is 0 Å². The molecule has 0 aliphatic carbocycles. The molecule has 1 N–H and O–H groups in total. The van der Waals surface area contributed by atoms with Gasteiger partial charge in [0.25, 0.3) is 5.91 Å². The van der Waals surface area contributed by atoms with Crippen molar-refractivity contribution < 1.29 is 14.3 Å². The molecule has 0 spiro atoms. The van der Waals surface area contributed by atoms with E-state index in [-0.39, 0.29) is 11.5 Å². The van der Waals surface area contributed by atoms with E-state index < -0.39 is 11.2 Å². The maximum atomic E-state index is 13.6. The Morgan fingerprint density at radius 1 is 1.09 bits per heavy atom. The molecule has 4 rings (SSSR count). The molecule has 0 radical (unpaired) electrons. The monoisotopic (exact) mass is 469 g/mol. The maximum Gasteiger partial charge on any atom is 0.269 e. The molecular formula is C27H23N3O3S. The molecule has 1 heterocycles. The fraction of sp³-hybridized carbons (Fsp3) is 0.148. The molecular weight excluding hydrogens is 446 g/mol. The number of carbonyl (C=O) groups is 2. The first-order valence-electron chi connectivity index (χ1n) is 10.7. The smallest absolute Gasteiger partial charge is 0.269 e. The van der Waals surface area contributed by atoms with Crippen LogP contribution in [0.3, 0.4) is 0 Å². The minimum absolute atomic E-state index is 0.0985. The summed E-state index contributed by atoms with van der Waals surface area (Å²) in [7, 11) is 1.60. The van der Waals surface area contributed by atoms with Gasteiger partial charge < -0.3 is 10.1 Å². The second-order valence-electron chi connectivity index (χ2n) is 7.73. The van der Waals surface area contributed by atoms with Crippen LogP contribution in [0.2, 0.25) is 0 Å². The molecule has 0 bridgehead atoms. The number of hydrogen-bond donors (Lipinski definition) is 1. The third-order valence-electron chi connectivity index (χ3n) is 5.45. The molecule has 3 aromatic rings. The lowest BCUT2D eigenvalue weighted by Gasteiger charge is -2.20. The van der Waals surface area contributed by atoms with E-state index in [2.05, 4.69) is 5.32 Å². The van der Waals surface area contributed by atoms with Crippen molar-refractivity contribution in [3.8, 4) is 11.8 Å². The number of anilines is 2. The molecule has 7 heteroatoms. The highest BCUT2D eigenvalue weighted by Gasteiger charge is 2.41. The van der Waals surface area contributed by atoms with Gasteiger partial charge in [-0.1, -0.05) is 60.3 Å². The van der Waals surface area contributed by atoms with Crippen molar-refractivity contribution in [2.45, 2.75) is 18.6 Å². The number of rotatable bonds is 6. The summed E-state index contributed by atoms with van der Waals surface area (Å²) in [6.45, 7) is 1.90. The van der Waals surface area contributed by atoms with Gasteiger partial charge in [0.2, 0.25) is 5.91 Å². The fourth-order valence-electron chi connectivity index (χ4n) is 3.75. The zero-order valence-corrected chi connectivity index (χ0v) is 19.6. The number of ether oxygens (including phenoxy) is 1. The minimum atomic E-state index is -0.551. The lowest BCUT2D eigenvalue weighted by atomic mass is 10.1. The predicted molar refractivity (Wildman–Crippen MR) is 134 cm³/mol. The summed E-state index contributed by atoms with van der Waals surface area (Å²) < 4.78 is 5.31. The highest BCUT2D eigenvalue weighted by atomic mass is 32.2. The van der Waals surface area contributed by atoms with Gasteiger partial charge in [0.15, 0.2) is 0 Å². The Bertz CT molecular complexity index is 1300. The Morgan fingerprint density at radius 2 is 1.82 bits per heavy atom. The quantitative estimate of drug-likeness (QED) is 0.403. The Kier molecular flexibility index (Phi) is 7.00. The number of nitriles is 1. The minimum Gasteiger partial charge on any atom is -0.497 e. The third-order valence-corrected chi connectivity index (χ3v) is 6.71. The molecule has 0 saturated carbocycles. The maximum absolute atomic E-state index is 13.6. The normalized spacial score (nSPS) is 16.7. The molecule has 0 aromatic heterocycles. The Labute approximate surface area is 202 Å². The van der Waals surface area contributed by atoms with E-state index in [1.165, 1.54) is 16.7 Å². The molecule has 34 heavy (non-hydrogen) atoms.